The number of hydrogen-bond acceptors (Lipinski definition) is 2. The molecule has 0 aliphatic heterocycles. The normalized spacial score (nSPS) is 12.5. The molecule has 2 nitrogen and oxygen atoms in total. The van der Waals surface area contributed by atoms with Gasteiger partial charge in [-0.25, -0.2) is 0 Å². The van der Waals surface area contributed by atoms with E-state index in [9.17, 15) is 0 Å². The van der Waals surface area contributed by atoms with Crippen molar-refractivity contribution in [1.82, 2.24) is 4.98 Å². The van der Waals surface area contributed by atoms with Crippen molar-refractivity contribution in [2.45, 2.75) is 25.2 Å². The number of pyridine rings is 1. The van der Waals surface area contributed by atoms with Crippen molar-refractivity contribution in [3.05, 3.63) is 138 Å². The first-order valence-corrected chi connectivity index (χ1v) is 16.9. The van der Waals surface area contributed by atoms with Crippen molar-refractivity contribution in [3.8, 4) is 0 Å². The van der Waals surface area contributed by atoms with Crippen LogP contribution < -0.4 is 3.61 Å². The maximum atomic E-state index is 7.15. The Morgan fingerprint density at radius 3 is 1.79 bits per heavy atom. The Morgan fingerprint density at radius 1 is 0.758 bits per heavy atom. The topological polar surface area (TPSA) is 22.1 Å². The molecular weight excluding hydrogens is 534 g/mol. The van der Waals surface area contributed by atoms with Gasteiger partial charge < -0.3 is 0 Å². The van der Waals surface area contributed by atoms with Crippen LogP contribution in [0.1, 0.15) is 16.7 Å². The van der Waals surface area contributed by atoms with Crippen LogP contribution >= 0.6 is 0 Å². The van der Waals surface area contributed by atoms with Gasteiger partial charge in [-0.3, -0.25) is 0 Å². The zero-order valence-electron chi connectivity index (χ0n) is 19.3. The van der Waals surface area contributed by atoms with Crippen LogP contribution in [0, 0.1) is 0 Å². The Labute approximate surface area is 208 Å². The van der Waals surface area contributed by atoms with Gasteiger partial charge in [0.25, 0.3) is 0 Å². The second-order valence-electron chi connectivity index (χ2n) is 8.85. The first-order chi connectivity index (χ1) is 16.0. The molecule has 1 heterocycles. The first kappa shape index (κ1) is 23.7. The maximum absolute atomic E-state index is 7.15. The predicted molar refractivity (Wildman–Crippen MR) is 142 cm³/mol. The van der Waals surface area contributed by atoms with Crippen LogP contribution in [0.15, 0.2) is 122 Å². The number of benzene rings is 3. The molecule has 0 aliphatic rings. The van der Waals surface area contributed by atoms with Crippen LogP contribution in [0.5, 0.6) is 0 Å². The third-order valence-corrected chi connectivity index (χ3v) is 9.14. The third kappa shape index (κ3) is 6.10. The fraction of sp³-hybridized carbons (Fsp3) is 0.138. The van der Waals surface area contributed by atoms with Crippen molar-refractivity contribution in [2.75, 3.05) is 0 Å². The van der Waals surface area contributed by atoms with Crippen molar-refractivity contribution in [3.63, 3.8) is 0 Å². The van der Waals surface area contributed by atoms with Crippen molar-refractivity contribution < 1.29 is 4.43 Å². The fourth-order valence-corrected chi connectivity index (χ4v) is 7.96. The summed E-state index contributed by atoms with van der Waals surface area (Å²) in [6.07, 6.45) is 6.21. The van der Waals surface area contributed by atoms with Gasteiger partial charge in [0, 0.05) is 0 Å². The fourth-order valence-electron chi connectivity index (χ4n) is 3.82. The van der Waals surface area contributed by atoms with E-state index >= 15 is 0 Å². The van der Waals surface area contributed by atoms with E-state index in [4.69, 9.17) is 4.43 Å². The molecule has 0 spiro atoms. The van der Waals surface area contributed by atoms with E-state index in [1.807, 2.05) is 18.5 Å². The molecule has 4 heteroatoms. The molecule has 0 radical (unpaired) electrons. The predicted octanol–water partition coefficient (Wildman–Crippen LogP) is 6.25. The van der Waals surface area contributed by atoms with E-state index < -0.39 is 34.8 Å². The van der Waals surface area contributed by atoms with Crippen LogP contribution in [0.4, 0.5) is 0 Å². The molecule has 0 amide bonds. The van der Waals surface area contributed by atoms with E-state index in [1.54, 1.807) is 0 Å². The number of nitrogens with zero attached hydrogens (tertiary/aromatic N) is 1. The number of hydrogen-bond donors (Lipinski definition) is 0. The molecule has 0 N–H and O–H groups in total. The Morgan fingerprint density at radius 2 is 1.30 bits per heavy atom. The minimum atomic E-state index is -1.96. The molecule has 4 rings (SSSR count). The van der Waals surface area contributed by atoms with E-state index in [-0.39, 0.29) is 0 Å². The average Bonchev–Trinajstić information content (AvgIpc) is 2.84. The minimum absolute atomic E-state index is 0.669. The van der Waals surface area contributed by atoms with Gasteiger partial charge in [0.05, 0.1) is 0 Å². The summed E-state index contributed by atoms with van der Waals surface area (Å²) in [5.41, 5.74) is 2.80. The number of aromatic nitrogens is 1. The zero-order chi connectivity index (χ0) is 23.2. The molecule has 0 atom stereocenters. The van der Waals surface area contributed by atoms with Crippen LogP contribution in [-0.2, 0) is 10.0 Å². The van der Waals surface area contributed by atoms with Crippen LogP contribution in [0.2, 0.25) is 19.6 Å². The van der Waals surface area contributed by atoms with Gasteiger partial charge in [0.15, 0.2) is 0 Å². The van der Waals surface area contributed by atoms with Crippen molar-refractivity contribution in [2.24, 2.45) is 0 Å². The summed E-state index contributed by atoms with van der Waals surface area (Å²) < 4.78 is 9.86. The molecule has 4 aromatic rings. The zero-order valence-corrected chi connectivity index (χ0v) is 22.6. The van der Waals surface area contributed by atoms with Gasteiger partial charge in [-0.1, -0.05) is 0 Å². The summed E-state index contributed by atoms with van der Waals surface area (Å²) >= 11 is -0.681. The second-order valence-corrected chi connectivity index (χ2v) is 16.5. The summed E-state index contributed by atoms with van der Waals surface area (Å²) in [7, 11) is -1.96. The molecule has 33 heavy (non-hydrogen) atoms. The third-order valence-electron chi connectivity index (χ3n) is 5.12. The Balaban J connectivity index is 1.99. The van der Waals surface area contributed by atoms with Gasteiger partial charge in [-0.2, -0.15) is 0 Å². The molecule has 0 aliphatic carbocycles. The molecule has 3 aromatic carbocycles. The standard InChI is InChI=1S/C29H29NOSiTe/c1-32(2,3)31-29(25-15-7-4-8-16-25,26-17-9-5-10-18-26)22-28(24-14-13-21-30-23-24)33-27-19-11-6-12-20-27/h4-23H,1-3H3. The Hall–Kier alpha value is -2.48. The molecule has 1 aromatic heterocycles. The summed E-state index contributed by atoms with van der Waals surface area (Å²) in [4.78, 5) is 4.45. The van der Waals surface area contributed by atoms with E-state index in [1.165, 1.54) is 12.8 Å². The molecule has 0 fully saturated rings. The van der Waals surface area contributed by atoms with Gasteiger partial charge in [0.2, 0.25) is 0 Å². The molecular formula is C29H29NOSiTe. The summed E-state index contributed by atoms with van der Waals surface area (Å²) in [6, 6.07) is 36.3. The van der Waals surface area contributed by atoms with Crippen LogP contribution in [-0.4, -0.2) is 34.2 Å². The first-order valence-electron chi connectivity index (χ1n) is 11.1. The van der Waals surface area contributed by atoms with Crippen molar-refractivity contribution in [1.29, 1.82) is 0 Å². The van der Waals surface area contributed by atoms with Crippen LogP contribution in [0.3, 0.4) is 0 Å². The summed E-state index contributed by atoms with van der Waals surface area (Å²) in [6.45, 7) is 6.79. The molecule has 0 unspecified atom stereocenters. The summed E-state index contributed by atoms with van der Waals surface area (Å²) in [5, 5.41) is 0. The molecule has 0 saturated carbocycles. The van der Waals surface area contributed by atoms with E-state index in [0.717, 1.165) is 11.1 Å². The van der Waals surface area contributed by atoms with Crippen LogP contribution in [0.25, 0.3) is 3.62 Å². The molecule has 0 bridgehead atoms. The van der Waals surface area contributed by atoms with Gasteiger partial charge in [-0.05, 0) is 0 Å². The van der Waals surface area contributed by atoms with E-state index in [0.29, 0.717) is 0 Å². The number of rotatable bonds is 8. The van der Waals surface area contributed by atoms with E-state index in [2.05, 4.69) is 128 Å². The van der Waals surface area contributed by atoms with Gasteiger partial charge >= 0.3 is 209 Å². The second kappa shape index (κ2) is 10.6. The Kier molecular flexibility index (Phi) is 7.62. The molecule has 166 valence electrons. The molecule has 0 saturated heterocycles. The Bertz CT molecular complexity index is 1130. The quantitative estimate of drug-likeness (QED) is 0.237. The monoisotopic (exact) mass is 565 g/mol. The van der Waals surface area contributed by atoms with Gasteiger partial charge in [0.1, 0.15) is 0 Å². The summed E-state index contributed by atoms with van der Waals surface area (Å²) in [5.74, 6) is 0. The van der Waals surface area contributed by atoms with Gasteiger partial charge in [-0.15, -0.1) is 0 Å². The van der Waals surface area contributed by atoms with Crippen molar-refractivity contribution >= 4 is 36.5 Å². The SMILES string of the molecule is C[Si](C)(C)OC(C=C([Te]c1ccccc1)c1cccnc1)(c1ccccc1)c1ccccc1. The average molecular weight is 563 g/mol.